The van der Waals surface area contributed by atoms with Gasteiger partial charge in [-0.25, -0.2) is 0 Å². The molecule has 2 aliphatic rings. The fourth-order valence-corrected chi connectivity index (χ4v) is 23.7. The van der Waals surface area contributed by atoms with E-state index in [-0.39, 0.29) is 3.63 Å². The molecule has 1 aliphatic heterocycles. The van der Waals surface area contributed by atoms with E-state index in [1.165, 1.54) is 63.7 Å². The fraction of sp³-hybridized carbons (Fsp3) is 0.235. The molecule has 1 unspecified atom stereocenters. The predicted molar refractivity (Wildman–Crippen MR) is 167 cm³/mol. The average Bonchev–Trinajstić information content (AvgIpc) is 3.49. The summed E-state index contributed by atoms with van der Waals surface area (Å²) in [5, 5.41) is 3.01. The van der Waals surface area contributed by atoms with E-state index in [2.05, 4.69) is 113 Å². The standard InChI is InChI=1S/C22H25.C12H9Si.2ClH.Zr/c1-5-8-17-11-12-18-13-19(15(2)3)14-21(18)22(17)20-10-7-6-9-16(20)4;1-3-7-11-9(5-1)10-6-2-4-8-12(10)13-11;;;/h6-7,9-15H,5,8H2,1-4H3;1-7H,13H2;2*1H;/q;;;;+2/p-2. The van der Waals surface area contributed by atoms with Crippen LogP contribution in [0.3, 0.4) is 0 Å². The molecule has 0 fully saturated rings. The molecule has 4 aromatic carbocycles. The monoisotopic (exact) mass is 630 g/mol. The summed E-state index contributed by atoms with van der Waals surface area (Å²) in [5.74, 6) is 0.381. The van der Waals surface area contributed by atoms with Gasteiger partial charge in [-0.2, -0.15) is 0 Å². The Balaban J connectivity index is 1.56. The fourth-order valence-electron chi connectivity index (χ4n) is 6.70. The van der Waals surface area contributed by atoms with Crippen molar-refractivity contribution in [1.82, 2.24) is 0 Å². The maximum atomic E-state index is 7.85. The van der Waals surface area contributed by atoms with Crippen LogP contribution in [0.15, 0.2) is 84.4 Å². The molecule has 1 heterocycles. The second-order valence-corrected chi connectivity index (χ2v) is 27.0. The van der Waals surface area contributed by atoms with Crippen molar-refractivity contribution in [3.63, 3.8) is 0 Å². The van der Waals surface area contributed by atoms with Crippen molar-refractivity contribution < 1.29 is 17.9 Å². The minimum atomic E-state index is -3.97. The Hall–Kier alpha value is -1.70. The van der Waals surface area contributed by atoms with Crippen molar-refractivity contribution in [3.05, 3.63) is 107 Å². The van der Waals surface area contributed by atoms with Crippen LogP contribution in [0.1, 0.15) is 53.1 Å². The summed E-state index contributed by atoms with van der Waals surface area (Å²) >= 11 is -3.97. The van der Waals surface area contributed by atoms with Crippen molar-refractivity contribution in [2.75, 3.05) is 0 Å². The summed E-state index contributed by atoms with van der Waals surface area (Å²) in [6, 6.07) is 29.2. The van der Waals surface area contributed by atoms with E-state index < -0.39 is 27.4 Å². The molecule has 6 rings (SSSR count). The number of hydrogen-bond acceptors (Lipinski definition) is 0. The van der Waals surface area contributed by atoms with Crippen molar-refractivity contribution in [2.24, 2.45) is 5.92 Å². The van der Waals surface area contributed by atoms with Crippen LogP contribution >= 0.6 is 17.0 Å². The van der Waals surface area contributed by atoms with Crippen molar-refractivity contribution in [1.29, 1.82) is 0 Å². The van der Waals surface area contributed by atoms with Crippen LogP contribution in [0.25, 0.3) is 28.3 Å². The number of fused-ring (bicyclic) bond motifs is 4. The predicted octanol–water partition coefficient (Wildman–Crippen LogP) is 7.60. The molecule has 1 aliphatic carbocycles. The van der Waals surface area contributed by atoms with Gasteiger partial charge in [0, 0.05) is 0 Å². The number of aryl methyl sites for hydroxylation is 2. The summed E-state index contributed by atoms with van der Waals surface area (Å²) < 4.78 is 1.42. The Bertz CT molecular complexity index is 1580. The van der Waals surface area contributed by atoms with Gasteiger partial charge in [0.25, 0.3) is 0 Å². The first-order valence-electron chi connectivity index (χ1n) is 13.8. The van der Waals surface area contributed by atoms with Gasteiger partial charge in [-0.05, 0) is 0 Å². The van der Waals surface area contributed by atoms with Gasteiger partial charge in [0.15, 0.2) is 0 Å². The Morgan fingerprint density at radius 1 is 0.842 bits per heavy atom. The number of hydrogen-bond donors (Lipinski definition) is 0. The molecule has 4 heteroatoms. The van der Waals surface area contributed by atoms with Crippen LogP contribution in [-0.2, 0) is 24.3 Å². The molecule has 0 saturated heterocycles. The van der Waals surface area contributed by atoms with E-state index in [0.29, 0.717) is 5.92 Å². The molecule has 0 N–H and O–H groups in total. The van der Waals surface area contributed by atoms with Crippen molar-refractivity contribution >= 4 is 46.3 Å². The van der Waals surface area contributed by atoms with Crippen molar-refractivity contribution in [2.45, 2.75) is 44.2 Å². The normalized spacial score (nSPS) is 16.5. The van der Waals surface area contributed by atoms with Crippen molar-refractivity contribution in [3.8, 4) is 22.3 Å². The third-order valence-corrected chi connectivity index (χ3v) is 22.7. The number of halogens is 2. The summed E-state index contributed by atoms with van der Waals surface area (Å²) in [6.45, 7) is 9.11. The van der Waals surface area contributed by atoms with E-state index in [9.17, 15) is 0 Å². The van der Waals surface area contributed by atoms with Gasteiger partial charge in [-0.1, -0.05) is 0 Å². The first-order chi connectivity index (χ1) is 18.3. The molecule has 0 nitrogen and oxygen atoms in total. The Morgan fingerprint density at radius 2 is 1.55 bits per heavy atom. The van der Waals surface area contributed by atoms with E-state index >= 15 is 0 Å². The summed E-state index contributed by atoms with van der Waals surface area (Å²) in [4.78, 5) is 0. The first-order valence-corrected chi connectivity index (χ1v) is 24.2. The minimum absolute atomic E-state index is 0.116. The molecule has 0 radical (unpaired) electrons. The van der Waals surface area contributed by atoms with E-state index in [0.717, 1.165) is 12.8 Å². The molecule has 0 spiro atoms. The van der Waals surface area contributed by atoms with Crippen LogP contribution in [0, 0.1) is 12.8 Å². The molecule has 1 atom stereocenters. The van der Waals surface area contributed by atoms with Gasteiger partial charge in [0.1, 0.15) is 0 Å². The van der Waals surface area contributed by atoms with E-state index in [1.807, 2.05) is 0 Å². The molecule has 4 aromatic rings. The summed E-state index contributed by atoms with van der Waals surface area (Å²) in [6.07, 6.45) is 4.66. The molecule has 0 saturated carbocycles. The van der Waals surface area contributed by atoms with Crippen LogP contribution < -0.4 is 13.6 Å². The van der Waals surface area contributed by atoms with Gasteiger partial charge in [0.05, 0.1) is 0 Å². The quantitative estimate of drug-likeness (QED) is 0.169. The zero-order valence-electron chi connectivity index (χ0n) is 22.6. The number of allylic oxidation sites excluding steroid dienone is 1. The first kappa shape index (κ1) is 26.5. The SMILES string of the molecule is CCCc1ccc2c(c1-c1ccccc1C)C=C(C(C)C)[CH]2[Zr]([Cl])([Cl])[c]1cccc2c1[SiH2]c1ccccc1-2. The molecule has 0 aromatic heterocycles. The summed E-state index contributed by atoms with van der Waals surface area (Å²) in [7, 11) is 15.1. The van der Waals surface area contributed by atoms with Gasteiger partial charge < -0.3 is 0 Å². The molecule has 192 valence electrons. The van der Waals surface area contributed by atoms with Gasteiger partial charge >= 0.3 is 243 Å². The third kappa shape index (κ3) is 4.28. The molecule has 38 heavy (non-hydrogen) atoms. The third-order valence-electron chi connectivity index (χ3n) is 8.49. The van der Waals surface area contributed by atoms with Gasteiger partial charge in [-0.3, -0.25) is 0 Å². The molecule has 0 amide bonds. The number of benzene rings is 4. The maximum absolute atomic E-state index is 7.85. The second kappa shape index (κ2) is 10.4. The Morgan fingerprint density at radius 3 is 2.29 bits per heavy atom. The van der Waals surface area contributed by atoms with Crippen LogP contribution in [0.5, 0.6) is 0 Å². The molecule has 0 bridgehead atoms. The second-order valence-electron chi connectivity index (χ2n) is 11.2. The summed E-state index contributed by atoms with van der Waals surface area (Å²) in [5.41, 5.74) is 12.4. The number of rotatable bonds is 6. The zero-order chi connectivity index (χ0) is 26.6. The van der Waals surface area contributed by atoms with Gasteiger partial charge in [-0.15, -0.1) is 0 Å². The average molecular weight is 633 g/mol. The molecular formula is C34H34Cl2SiZr. The van der Waals surface area contributed by atoms with Crippen LogP contribution in [0.4, 0.5) is 0 Å². The molecular weight excluding hydrogens is 599 g/mol. The zero-order valence-corrected chi connectivity index (χ0v) is 28.0. The van der Waals surface area contributed by atoms with Crippen LogP contribution in [-0.4, -0.2) is 9.52 Å². The Kier molecular flexibility index (Phi) is 7.23. The van der Waals surface area contributed by atoms with Crippen LogP contribution in [0.2, 0.25) is 0 Å². The van der Waals surface area contributed by atoms with E-state index in [1.54, 1.807) is 0 Å². The topological polar surface area (TPSA) is 0 Å². The Labute approximate surface area is 241 Å². The van der Waals surface area contributed by atoms with E-state index in [4.69, 9.17) is 17.0 Å². The van der Waals surface area contributed by atoms with Gasteiger partial charge in [0.2, 0.25) is 0 Å².